The highest BCUT2D eigenvalue weighted by atomic mass is 16.5. The lowest BCUT2D eigenvalue weighted by atomic mass is 10.2. The summed E-state index contributed by atoms with van der Waals surface area (Å²) in [5.41, 5.74) is 2.97. The van der Waals surface area contributed by atoms with Gasteiger partial charge in [0.25, 0.3) is 0 Å². The number of nitrogens with one attached hydrogen (secondary N) is 1. The van der Waals surface area contributed by atoms with Crippen LogP contribution in [-0.2, 0) is 9.59 Å². The van der Waals surface area contributed by atoms with Crippen molar-refractivity contribution in [3.8, 4) is 5.75 Å². The van der Waals surface area contributed by atoms with Crippen molar-refractivity contribution in [2.75, 3.05) is 19.7 Å². The Hall–Kier alpha value is -2.63. The first-order valence-electron chi connectivity index (χ1n) is 7.08. The van der Waals surface area contributed by atoms with Gasteiger partial charge in [0.15, 0.2) is 0 Å². The van der Waals surface area contributed by atoms with E-state index in [4.69, 9.17) is 4.74 Å². The summed E-state index contributed by atoms with van der Waals surface area (Å²) < 4.78 is 5.39. The molecule has 1 aromatic carbocycles. The van der Waals surface area contributed by atoms with Crippen LogP contribution in [-0.4, -0.2) is 42.6 Å². The van der Waals surface area contributed by atoms with Gasteiger partial charge in [0.1, 0.15) is 12.4 Å². The molecule has 0 atom stereocenters. The molecule has 0 fully saturated rings. The van der Waals surface area contributed by atoms with Crippen molar-refractivity contribution < 1.29 is 14.3 Å². The van der Waals surface area contributed by atoms with E-state index in [9.17, 15) is 9.59 Å². The van der Waals surface area contributed by atoms with Gasteiger partial charge in [-0.2, -0.15) is 5.10 Å². The summed E-state index contributed by atoms with van der Waals surface area (Å²) in [6, 6.07) is 7.19. The van der Waals surface area contributed by atoms with Crippen LogP contribution in [0.5, 0.6) is 5.75 Å². The first kappa shape index (κ1) is 17.4. The largest absolute Gasteiger partial charge is 0.490 e. The van der Waals surface area contributed by atoms with Crippen molar-refractivity contribution >= 4 is 18.0 Å². The summed E-state index contributed by atoms with van der Waals surface area (Å²) in [5.74, 6) is -0.668. The molecule has 1 aromatic rings. The Labute approximate surface area is 130 Å². The summed E-state index contributed by atoms with van der Waals surface area (Å²) in [6.45, 7) is 8.58. The third-order valence-corrected chi connectivity index (χ3v) is 2.85. The van der Waals surface area contributed by atoms with Gasteiger partial charge in [0.05, 0.1) is 6.21 Å². The number of hydrazone groups is 1. The quantitative estimate of drug-likeness (QED) is 0.360. The third kappa shape index (κ3) is 5.40. The fourth-order valence-electron chi connectivity index (χ4n) is 1.71. The average Bonchev–Trinajstić information content (AvgIpc) is 2.54. The highest BCUT2D eigenvalue weighted by molar-refractivity contribution is 6.34. The van der Waals surface area contributed by atoms with Gasteiger partial charge >= 0.3 is 11.8 Å². The molecule has 0 aliphatic carbocycles. The number of rotatable bonds is 7. The van der Waals surface area contributed by atoms with Crippen molar-refractivity contribution in [3.63, 3.8) is 0 Å². The summed E-state index contributed by atoms with van der Waals surface area (Å²) in [4.78, 5) is 24.8. The third-order valence-electron chi connectivity index (χ3n) is 2.85. The van der Waals surface area contributed by atoms with E-state index in [1.807, 2.05) is 32.0 Å². The maximum absolute atomic E-state index is 11.7. The van der Waals surface area contributed by atoms with Gasteiger partial charge in [-0.15, -0.1) is 0 Å². The zero-order chi connectivity index (χ0) is 16.4. The Balaban J connectivity index is 2.60. The second-order valence-electron chi connectivity index (χ2n) is 4.35. The number of likely N-dealkylation sites (N-methyl/N-ethyl adjacent to an activating group) is 1. The van der Waals surface area contributed by atoms with Crippen LogP contribution in [0.1, 0.15) is 19.4 Å². The van der Waals surface area contributed by atoms with Crippen LogP contribution in [0, 0.1) is 0 Å². The number of carbonyl (C=O) groups is 2. The Morgan fingerprint density at radius 3 is 2.73 bits per heavy atom. The monoisotopic (exact) mass is 303 g/mol. The smallest absolute Gasteiger partial charge is 0.329 e. The highest BCUT2D eigenvalue weighted by Crippen LogP contribution is 2.11. The molecule has 1 rings (SSSR count). The Bertz CT molecular complexity index is 551. The lowest BCUT2D eigenvalue weighted by molar-refractivity contribution is -0.145. The molecule has 2 amide bonds. The minimum Gasteiger partial charge on any atom is -0.490 e. The molecule has 1 N–H and O–H groups in total. The second kappa shape index (κ2) is 9.33. The first-order chi connectivity index (χ1) is 10.6. The minimum absolute atomic E-state index is 0.412. The van der Waals surface area contributed by atoms with Gasteiger partial charge in [-0.05, 0) is 31.5 Å². The van der Waals surface area contributed by atoms with E-state index < -0.39 is 11.8 Å². The van der Waals surface area contributed by atoms with Gasteiger partial charge in [-0.25, -0.2) is 5.43 Å². The number of benzene rings is 1. The van der Waals surface area contributed by atoms with Crippen LogP contribution in [0.3, 0.4) is 0 Å². The van der Waals surface area contributed by atoms with Crippen molar-refractivity contribution in [3.05, 3.63) is 42.5 Å². The van der Waals surface area contributed by atoms with E-state index in [2.05, 4.69) is 17.1 Å². The Kier molecular flexibility index (Phi) is 7.39. The van der Waals surface area contributed by atoms with Crippen molar-refractivity contribution in [1.82, 2.24) is 10.3 Å². The predicted molar refractivity (Wildman–Crippen MR) is 85.8 cm³/mol. The summed E-state index contributed by atoms with van der Waals surface area (Å²) in [6.07, 6.45) is 3.11. The Morgan fingerprint density at radius 1 is 1.36 bits per heavy atom. The molecule has 0 bridgehead atoms. The van der Waals surface area contributed by atoms with Gasteiger partial charge in [-0.3, -0.25) is 9.59 Å². The molecule has 0 aliphatic heterocycles. The molecule has 0 aromatic heterocycles. The van der Waals surface area contributed by atoms with Gasteiger partial charge < -0.3 is 9.64 Å². The summed E-state index contributed by atoms with van der Waals surface area (Å²) in [5, 5.41) is 3.79. The SMILES string of the molecule is C=CCOc1cccc(/C=N\NC(=O)C(=O)N(CC)CC)c1. The van der Waals surface area contributed by atoms with Crippen LogP contribution < -0.4 is 10.2 Å². The van der Waals surface area contributed by atoms with Crippen LogP contribution in [0.25, 0.3) is 0 Å². The Morgan fingerprint density at radius 2 is 2.09 bits per heavy atom. The highest BCUT2D eigenvalue weighted by Gasteiger charge is 2.18. The van der Waals surface area contributed by atoms with Crippen LogP contribution >= 0.6 is 0 Å². The van der Waals surface area contributed by atoms with E-state index in [-0.39, 0.29) is 0 Å². The molecule has 0 saturated carbocycles. The van der Waals surface area contributed by atoms with E-state index in [1.54, 1.807) is 12.1 Å². The zero-order valence-corrected chi connectivity index (χ0v) is 12.9. The molecule has 0 spiro atoms. The van der Waals surface area contributed by atoms with Crippen LogP contribution in [0.2, 0.25) is 0 Å². The molecule has 0 saturated heterocycles. The normalized spacial score (nSPS) is 10.3. The lowest BCUT2D eigenvalue weighted by Crippen LogP contribution is -2.41. The molecule has 118 valence electrons. The standard InChI is InChI=1S/C16H21N3O3/c1-4-10-22-14-9-7-8-13(11-14)12-17-18-15(20)16(21)19(5-2)6-3/h4,7-9,11-12H,1,5-6,10H2,2-3H3,(H,18,20)/b17-12-. The molecule has 0 heterocycles. The van der Waals surface area contributed by atoms with Crippen molar-refractivity contribution in [2.24, 2.45) is 5.10 Å². The maximum Gasteiger partial charge on any atom is 0.329 e. The van der Waals surface area contributed by atoms with Crippen molar-refractivity contribution in [2.45, 2.75) is 13.8 Å². The van der Waals surface area contributed by atoms with Gasteiger partial charge in [0, 0.05) is 13.1 Å². The minimum atomic E-state index is -0.751. The number of carbonyl (C=O) groups excluding carboxylic acids is 2. The molecule has 6 nitrogen and oxygen atoms in total. The molecule has 22 heavy (non-hydrogen) atoms. The molecule has 0 radical (unpaired) electrons. The topological polar surface area (TPSA) is 71.0 Å². The van der Waals surface area contributed by atoms with Crippen LogP contribution in [0.15, 0.2) is 42.0 Å². The summed E-state index contributed by atoms with van der Waals surface area (Å²) in [7, 11) is 0. The molecular formula is C16H21N3O3. The number of ether oxygens (including phenoxy) is 1. The number of amides is 2. The molecule has 6 heteroatoms. The predicted octanol–water partition coefficient (Wildman–Crippen LogP) is 1.57. The fourth-order valence-corrected chi connectivity index (χ4v) is 1.71. The van der Waals surface area contributed by atoms with Crippen LogP contribution in [0.4, 0.5) is 0 Å². The number of hydrogen-bond acceptors (Lipinski definition) is 4. The van der Waals surface area contributed by atoms with E-state index in [1.165, 1.54) is 11.1 Å². The van der Waals surface area contributed by atoms with E-state index in [0.717, 1.165) is 5.56 Å². The van der Waals surface area contributed by atoms with E-state index >= 15 is 0 Å². The molecule has 0 aliphatic rings. The molecule has 0 unspecified atom stereocenters. The second-order valence-corrected chi connectivity index (χ2v) is 4.35. The zero-order valence-electron chi connectivity index (χ0n) is 12.9. The number of nitrogens with zero attached hydrogens (tertiary/aromatic N) is 2. The first-order valence-corrected chi connectivity index (χ1v) is 7.08. The molecular weight excluding hydrogens is 282 g/mol. The van der Waals surface area contributed by atoms with E-state index in [0.29, 0.717) is 25.4 Å². The average molecular weight is 303 g/mol. The maximum atomic E-state index is 11.7. The summed E-state index contributed by atoms with van der Waals surface area (Å²) >= 11 is 0. The van der Waals surface area contributed by atoms with Gasteiger partial charge in [-0.1, -0.05) is 24.8 Å². The number of hydrogen-bond donors (Lipinski definition) is 1. The van der Waals surface area contributed by atoms with Gasteiger partial charge in [0.2, 0.25) is 0 Å². The lowest BCUT2D eigenvalue weighted by Gasteiger charge is -2.16. The fraction of sp³-hybridized carbons (Fsp3) is 0.312. The van der Waals surface area contributed by atoms with Crippen molar-refractivity contribution in [1.29, 1.82) is 0 Å².